The van der Waals surface area contributed by atoms with Crippen molar-refractivity contribution in [3.63, 3.8) is 0 Å². The standard InChI is InChI=1S/C30H30F4N6O2S/c1-19(2)25-17-22(31)9-14-26(25)37-29(43)38-28(41)35-15-4-3-6-20-7-5-8-21(16-20)27-36-18-40(39-27)23-10-12-24(13-11-23)42-30(32,33)34/h5,7-14,16-19H,3-4,6,15H2,1-2H3,(H3,35,37,38,41,43). The first-order valence-corrected chi connectivity index (χ1v) is 13.9. The van der Waals surface area contributed by atoms with Gasteiger partial charge in [-0.2, -0.15) is 0 Å². The molecule has 0 unspecified atom stereocenters. The fourth-order valence-electron chi connectivity index (χ4n) is 4.27. The summed E-state index contributed by atoms with van der Waals surface area (Å²) >= 11 is 5.23. The van der Waals surface area contributed by atoms with Crippen LogP contribution in [0.2, 0.25) is 0 Å². The van der Waals surface area contributed by atoms with Crippen LogP contribution in [-0.4, -0.2) is 38.8 Å². The molecule has 226 valence electrons. The van der Waals surface area contributed by atoms with E-state index in [2.05, 4.69) is 30.8 Å². The fourth-order valence-corrected chi connectivity index (χ4v) is 4.47. The summed E-state index contributed by atoms with van der Waals surface area (Å²) in [5.74, 6) is -0.111. The molecule has 8 nitrogen and oxygen atoms in total. The highest BCUT2D eigenvalue weighted by Crippen LogP contribution is 2.26. The smallest absolute Gasteiger partial charge is 0.406 e. The maximum atomic E-state index is 13.6. The first-order valence-electron chi connectivity index (χ1n) is 13.5. The molecule has 0 aliphatic heterocycles. The highest BCUT2D eigenvalue weighted by Gasteiger charge is 2.31. The number of nitrogens with zero attached hydrogens (tertiary/aromatic N) is 3. The van der Waals surface area contributed by atoms with Crippen molar-refractivity contribution in [3.05, 3.63) is 90.0 Å². The van der Waals surface area contributed by atoms with E-state index in [0.717, 1.165) is 36.0 Å². The van der Waals surface area contributed by atoms with Gasteiger partial charge in [0.1, 0.15) is 17.9 Å². The quantitative estimate of drug-likeness (QED) is 0.100. The second-order valence-corrected chi connectivity index (χ2v) is 10.3. The van der Waals surface area contributed by atoms with Crippen LogP contribution in [0, 0.1) is 5.82 Å². The van der Waals surface area contributed by atoms with E-state index in [4.69, 9.17) is 12.2 Å². The molecule has 0 saturated carbocycles. The fraction of sp³-hybridized carbons (Fsp3) is 0.267. The Balaban J connectivity index is 1.21. The average Bonchev–Trinajstić information content (AvgIpc) is 3.44. The molecule has 0 aliphatic rings. The molecule has 2 amide bonds. The Morgan fingerprint density at radius 3 is 2.53 bits per heavy atom. The lowest BCUT2D eigenvalue weighted by atomic mass is 10.0. The number of carbonyl (C=O) groups is 1. The van der Waals surface area contributed by atoms with Crippen LogP contribution in [0.4, 0.5) is 28.0 Å². The molecule has 3 N–H and O–H groups in total. The molecule has 0 fully saturated rings. The molecule has 0 saturated heterocycles. The van der Waals surface area contributed by atoms with Crippen molar-refractivity contribution in [2.75, 3.05) is 11.9 Å². The summed E-state index contributed by atoms with van der Waals surface area (Å²) in [6.07, 6.45) is -0.958. The van der Waals surface area contributed by atoms with Gasteiger partial charge in [0.2, 0.25) is 0 Å². The Kier molecular flexibility index (Phi) is 10.3. The largest absolute Gasteiger partial charge is 0.573 e. The molecule has 0 spiro atoms. The summed E-state index contributed by atoms with van der Waals surface area (Å²) < 4.78 is 56.1. The minimum absolute atomic E-state index is 0.0697. The minimum Gasteiger partial charge on any atom is -0.406 e. The van der Waals surface area contributed by atoms with Crippen molar-refractivity contribution in [1.29, 1.82) is 0 Å². The third-order valence-electron chi connectivity index (χ3n) is 6.30. The lowest BCUT2D eigenvalue weighted by Crippen LogP contribution is -2.42. The summed E-state index contributed by atoms with van der Waals surface area (Å²) in [7, 11) is 0. The van der Waals surface area contributed by atoms with Crippen LogP contribution in [0.15, 0.2) is 73.1 Å². The van der Waals surface area contributed by atoms with Crippen molar-refractivity contribution >= 4 is 29.0 Å². The molecule has 0 aliphatic carbocycles. The normalized spacial score (nSPS) is 11.3. The molecule has 0 bridgehead atoms. The van der Waals surface area contributed by atoms with E-state index in [9.17, 15) is 22.4 Å². The van der Waals surface area contributed by atoms with Crippen LogP contribution < -0.4 is 20.7 Å². The second kappa shape index (κ2) is 14.1. The van der Waals surface area contributed by atoms with E-state index < -0.39 is 12.4 Å². The van der Waals surface area contributed by atoms with Gasteiger partial charge in [-0.1, -0.05) is 32.0 Å². The van der Waals surface area contributed by atoms with Crippen molar-refractivity contribution in [2.24, 2.45) is 0 Å². The third-order valence-corrected chi connectivity index (χ3v) is 6.50. The van der Waals surface area contributed by atoms with E-state index in [1.807, 2.05) is 38.1 Å². The summed E-state index contributed by atoms with van der Waals surface area (Å²) in [5.41, 5.74) is 3.80. The molecule has 4 rings (SSSR count). The van der Waals surface area contributed by atoms with Crippen molar-refractivity contribution in [1.82, 2.24) is 25.4 Å². The first kappa shape index (κ1) is 31.4. The topological polar surface area (TPSA) is 93.1 Å². The van der Waals surface area contributed by atoms with Crippen molar-refractivity contribution in [2.45, 2.75) is 45.4 Å². The number of amides is 2. The van der Waals surface area contributed by atoms with Gasteiger partial charge < -0.3 is 15.4 Å². The summed E-state index contributed by atoms with van der Waals surface area (Å²) in [5, 5.41) is 12.9. The Morgan fingerprint density at radius 1 is 1.05 bits per heavy atom. The molecule has 0 atom stereocenters. The van der Waals surface area contributed by atoms with E-state index in [1.165, 1.54) is 47.4 Å². The number of benzene rings is 3. The number of alkyl halides is 3. The monoisotopic (exact) mass is 614 g/mol. The number of anilines is 1. The van der Waals surface area contributed by atoms with Gasteiger partial charge in [-0.3, -0.25) is 5.32 Å². The van der Waals surface area contributed by atoms with Gasteiger partial charge in [0, 0.05) is 17.8 Å². The van der Waals surface area contributed by atoms with Crippen LogP contribution in [0.3, 0.4) is 0 Å². The average molecular weight is 615 g/mol. The Hall–Kier alpha value is -4.52. The molecule has 1 heterocycles. The number of carbonyl (C=O) groups excluding carboxylic acids is 1. The number of ether oxygens (including phenoxy) is 1. The van der Waals surface area contributed by atoms with E-state index in [-0.39, 0.29) is 22.6 Å². The summed E-state index contributed by atoms with van der Waals surface area (Å²) in [4.78, 5) is 16.6. The SMILES string of the molecule is CC(C)c1cc(F)ccc1NC(=S)NC(=O)NCCCCc1cccc(-c2ncn(-c3ccc(OC(F)(F)F)cc3)n2)c1. The van der Waals surface area contributed by atoms with Crippen LogP contribution in [0.1, 0.15) is 43.7 Å². The molecular formula is C30H30F4N6O2S. The van der Waals surface area contributed by atoms with Gasteiger partial charge in [-0.25, -0.2) is 18.9 Å². The molecule has 0 radical (unpaired) electrons. The van der Waals surface area contributed by atoms with Crippen molar-refractivity contribution in [3.8, 4) is 22.8 Å². The van der Waals surface area contributed by atoms with Crippen molar-refractivity contribution < 1.29 is 27.1 Å². The van der Waals surface area contributed by atoms with Gasteiger partial charge in [0.15, 0.2) is 10.9 Å². The summed E-state index contributed by atoms with van der Waals surface area (Å²) in [6, 6.07) is 17.0. The lowest BCUT2D eigenvalue weighted by molar-refractivity contribution is -0.274. The zero-order valence-corrected chi connectivity index (χ0v) is 24.2. The zero-order valence-electron chi connectivity index (χ0n) is 23.4. The van der Waals surface area contributed by atoms with Crippen LogP contribution >= 0.6 is 12.2 Å². The van der Waals surface area contributed by atoms with Gasteiger partial charge in [-0.15, -0.1) is 18.3 Å². The molecule has 43 heavy (non-hydrogen) atoms. The number of hydrogen-bond donors (Lipinski definition) is 3. The third kappa shape index (κ3) is 9.50. The maximum Gasteiger partial charge on any atom is 0.573 e. The highest BCUT2D eigenvalue weighted by atomic mass is 32.1. The van der Waals surface area contributed by atoms with Gasteiger partial charge >= 0.3 is 12.4 Å². The number of thiocarbonyl (C=S) groups is 1. The number of rotatable bonds is 10. The number of hydrogen-bond acceptors (Lipinski definition) is 5. The molecular weight excluding hydrogens is 584 g/mol. The number of unbranched alkanes of at least 4 members (excludes halogenated alkanes) is 1. The van der Waals surface area contributed by atoms with E-state index in [0.29, 0.717) is 23.7 Å². The minimum atomic E-state index is -4.75. The number of urea groups is 1. The molecule has 3 aromatic carbocycles. The van der Waals surface area contributed by atoms with Gasteiger partial charge in [0.25, 0.3) is 0 Å². The number of nitrogens with one attached hydrogen (secondary N) is 3. The van der Waals surface area contributed by atoms with E-state index in [1.54, 1.807) is 6.07 Å². The first-order chi connectivity index (χ1) is 20.5. The number of aryl methyl sites for hydroxylation is 1. The molecule has 13 heteroatoms. The number of aromatic nitrogens is 3. The van der Waals surface area contributed by atoms with Crippen LogP contribution in [0.25, 0.3) is 17.1 Å². The predicted molar refractivity (Wildman–Crippen MR) is 160 cm³/mol. The number of halogens is 4. The van der Waals surface area contributed by atoms with Crippen LogP contribution in [0.5, 0.6) is 5.75 Å². The lowest BCUT2D eigenvalue weighted by Gasteiger charge is -2.16. The van der Waals surface area contributed by atoms with Gasteiger partial charge in [-0.05, 0) is 97.1 Å². The Morgan fingerprint density at radius 2 is 1.81 bits per heavy atom. The van der Waals surface area contributed by atoms with Gasteiger partial charge in [0.05, 0.1) is 5.69 Å². The molecule has 4 aromatic rings. The Bertz CT molecular complexity index is 1560. The summed E-state index contributed by atoms with van der Waals surface area (Å²) in [6.45, 7) is 4.33. The predicted octanol–water partition coefficient (Wildman–Crippen LogP) is 7.11. The zero-order chi connectivity index (χ0) is 31.0. The maximum absolute atomic E-state index is 13.6. The van der Waals surface area contributed by atoms with Crippen LogP contribution in [-0.2, 0) is 6.42 Å². The Labute approximate surface area is 251 Å². The molecule has 1 aromatic heterocycles. The second-order valence-electron chi connectivity index (χ2n) is 9.93. The van der Waals surface area contributed by atoms with E-state index >= 15 is 0 Å². The highest BCUT2D eigenvalue weighted by molar-refractivity contribution is 7.80.